The highest BCUT2D eigenvalue weighted by Gasteiger charge is 2.03. The Morgan fingerprint density at radius 1 is 0.647 bits per heavy atom. The molecule has 0 saturated carbocycles. The molecule has 0 radical (unpaired) electrons. The highest BCUT2D eigenvalue weighted by atomic mass is 16.5. The van der Waals surface area contributed by atoms with Crippen LogP contribution in [0.1, 0.15) is 78.1 Å². The van der Waals surface area contributed by atoms with Gasteiger partial charge in [-0.25, -0.2) is 4.79 Å². The first-order valence-electron chi connectivity index (χ1n) is 12.9. The van der Waals surface area contributed by atoms with Gasteiger partial charge in [0.15, 0.2) is 0 Å². The van der Waals surface area contributed by atoms with Crippen LogP contribution >= 0.6 is 0 Å². The van der Waals surface area contributed by atoms with Gasteiger partial charge in [-0.3, -0.25) is 0 Å². The minimum Gasteiger partial charge on any atom is -0.494 e. The van der Waals surface area contributed by atoms with Crippen molar-refractivity contribution in [2.24, 2.45) is 0 Å². The van der Waals surface area contributed by atoms with E-state index in [4.69, 9.17) is 14.2 Å². The second-order valence-corrected chi connectivity index (χ2v) is 8.84. The number of hydrogen-bond donors (Lipinski definition) is 0. The zero-order chi connectivity index (χ0) is 24.4. The van der Waals surface area contributed by atoms with E-state index < -0.39 is 0 Å². The predicted octanol–water partition coefficient (Wildman–Crippen LogP) is 8.15. The number of carbonyl (C=O) groups is 1. The van der Waals surface area contributed by atoms with Gasteiger partial charge in [0.05, 0.1) is 19.8 Å². The van der Waals surface area contributed by atoms with Gasteiger partial charge in [0.2, 0.25) is 0 Å². The fourth-order valence-corrected chi connectivity index (χ4v) is 3.60. The Morgan fingerprint density at radius 2 is 1.06 bits per heavy atom. The van der Waals surface area contributed by atoms with E-state index in [0.717, 1.165) is 50.2 Å². The Balaban J connectivity index is 1.60. The van der Waals surface area contributed by atoms with Crippen molar-refractivity contribution in [2.45, 2.75) is 78.1 Å². The van der Waals surface area contributed by atoms with Crippen molar-refractivity contribution < 1.29 is 19.0 Å². The summed E-state index contributed by atoms with van der Waals surface area (Å²) in [7, 11) is 0. The molecule has 0 heterocycles. The summed E-state index contributed by atoms with van der Waals surface area (Å²) in [5, 5.41) is 0. The highest BCUT2D eigenvalue weighted by molar-refractivity contribution is 5.86. The van der Waals surface area contributed by atoms with Gasteiger partial charge in [-0.1, -0.05) is 69.9 Å². The molecule has 4 nitrogen and oxygen atoms in total. The summed E-state index contributed by atoms with van der Waals surface area (Å²) >= 11 is 0. The molecule has 0 aliphatic heterocycles. The molecule has 2 aromatic rings. The Hall–Kier alpha value is -2.75. The van der Waals surface area contributed by atoms with Gasteiger partial charge in [-0.15, -0.1) is 0 Å². The predicted molar refractivity (Wildman–Crippen MR) is 140 cm³/mol. The maximum Gasteiger partial charge on any atom is 0.333 e. The number of benzene rings is 2. The molecule has 0 bridgehead atoms. The molecule has 186 valence electrons. The monoisotopic (exact) mass is 466 g/mol. The molecule has 4 heteroatoms. The maximum atomic E-state index is 11.3. The van der Waals surface area contributed by atoms with Crippen molar-refractivity contribution in [2.75, 3.05) is 19.8 Å². The van der Waals surface area contributed by atoms with E-state index in [2.05, 4.69) is 49.9 Å². The molecule has 0 fully saturated rings. The SMILES string of the molecule is C=C(C)C(=O)OCCCCCCOc1ccc(-c2ccc(OCCCCCCCC)cc2)cc1. The van der Waals surface area contributed by atoms with Crippen molar-refractivity contribution >= 4 is 5.97 Å². The minimum absolute atomic E-state index is 0.306. The summed E-state index contributed by atoms with van der Waals surface area (Å²) in [5.74, 6) is 1.52. The molecular formula is C30H42O4. The molecule has 0 atom stereocenters. The third-order valence-corrected chi connectivity index (χ3v) is 5.70. The van der Waals surface area contributed by atoms with E-state index in [9.17, 15) is 4.79 Å². The van der Waals surface area contributed by atoms with Crippen LogP contribution in [0.15, 0.2) is 60.7 Å². The molecule has 2 aromatic carbocycles. The van der Waals surface area contributed by atoms with Crippen LogP contribution in [0.3, 0.4) is 0 Å². The van der Waals surface area contributed by atoms with Crippen molar-refractivity contribution in [1.29, 1.82) is 0 Å². The summed E-state index contributed by atoms with van der Waals surface area (Å²) in [4.78, 5) is 11.3. The summed E-state index contributed by atoms with van der Waals surface area (Å²) < 4.78 is 16.8. The van der Waals surface area contributed by atoms with Crippen molar-refractivity contribution in [3.8, 4) is 22.6 Å². The molecule has 0 spiro atoms. The third kappa shape index (κ3) is 11.4. The maximum absolute atomic E-state index is 11.3. The Kier molecular flexibility index (Phi) is 13.6. The molecule has 0 saturated heterocycles. The Labute approximate surface area is 206 Å². The minimum atomic E-state index is -0.306. The van der Waals surface area contributed by atoms with Crippen LogP contribution < -0.4 is 9.47 Å². The molecule has 0 aliphatic carbocycles. The molecular weight excluding hydrogens is 424 g/mol. The average molecular weight is 467 g/mol. The first kappa shape index (κ1) is 27.5. The molecule has 34 heavy (non-hydrogen) atoms. The third-order valence-electron chi connectivity index (χ3n) is 5.70. The molecule has 0 N–H and O–H groups in total. The lowest BCUT2D eigenvalue weighted by Gasteiger charge is -2.09. The van der Waals surface area contributed by atoms with Crippen molar-refractivity contribution in [3.05, 3.63) is 60.7 Å². The van der Waals surface area contributed by atoms with E-state index in [0.29, 0.717) is 18.8 Å². The molecule has 0 amide bonds. The van der Waals surface area contributed by atoms with Crippen molar-refractivity contribution in [1.82, 2.24) is 0 Å². The number of unbranched alkanes of at least 4 members (excludes halogenated alkanes) is 8. The van der Waals surface area contributed by atoms with Crippen LogP contribution in [-0.4, -0.2) is 25.8 Å². The van der Waals surface area contributed by atoms with Crippen LogP contribution in [0.4, 0.5) is 0 Å². The van der Waals surface area contributed by atoms with E-state index in [1.807, 2.05) is 12.1 Å². The van der Waals surface area contributed by atoms with Gasteiger partial charge in [0.25, 0.3) is 0 Å². The lowest BCUT2D eigenvalue weighted by atomic mass is 10.1. The molecule has 0 unspecified atom stereocenters. The lowest BCUT2D eigenvalue weighted by Crippen LogP contribution is -2.06. The van der Waals surface area contributed by atoms with Gasteiger partial charge in [0.1, 0.15) is 11.5 Å². The van der Waals surface area contributed by atoms with Crippen LogP contribution in [0.2, 0.25) is 0 Å². The van der Waals surface area contributed by atoms with Crippen LogP contribution in [0.25, 0.3) is 11.1 Å². The average Bonchev–Trinajstić information content (AvgIpc) is 2.85. The van der Waals surface area contributed by atoms with E-state index in [1.165, 1.54) is 43.2 Å². The number of rotatable bonds is 18. The van der Waals surface area contributed by atoms with Crippen LogP contribution in [0.5, 0.6) is 11.5 Å². The second kappa shape index (κ2) is 16.8. The normalized spacial score (nSPS) is 10.6. The van der Waals surface area contributed by atoms with Gasteiger partial charge >= 0.3 is 5.97 Å². The van der Waals surface area contributed by atoms with Gasteiger partial charge in [-0.2, -0.15) is 0 Å². The first-order chi connectivity index (χ1) is 16.6. The Morgan fingerprint density at radius 3 is 1.50 bits per heavy atom. The smallest absolute Gasteiger partial charge is 0.333 e. The van der Waals surface area contributed by atoms with E-state index in [1.54, 1.807) is 6.92 Å². The second-order valence-electron chi connectivity index (χ2n) is 8.84. The number of esters is 1. The van der Waals surface area contributed by atoms with Crippen LogP contribution in [-0.2, 0) is 9.53 Å². The largest absolute Gasteiger partial charge is 0.494 e. The molecule has 0 aliphatic rings. The zero-order valence-electron chi connectivity index (χ0n) is 21.2. The summed E-state index contributed by atoms with van der Waals surface area (Å²) in [6.45, 7) is 9.42. The van der Waals surface area contributed by atoms with Gasteiger partial charge in [-0.05, 0) is 74.4 Å². The highest BCUT2D eigenvalue weighted by Crippen LogP contribution is 2.25. The van der Waals surface area contributed by atoms with E-state index in [-0.39, 0.29) is 5.97 Å². The Bertz CT molecular complexity index is 824. The standard InChI is InChI=1S/C30H42O4/c1-4-5-6-7-8-11-22-32-28-18-14-26(15-19-28)27-16-20-29(21-17-27)33-23-12-9-10-13-24-34-30(31)25(2)3/h14-21H,2,4-13,22-24H2,1,3H3. The summed E-state index contributed by atoms with van der Waals surface area (Å²) in [5.41, 5.74) is 2.79. The fraction of sp³-hybridized carbons (Fsp3) is 0.500. The lowest BCUT2D eigenvalue weighted by molar-refractivity contribution is -0.139. The van der Waals surface area contributed by atoms with E-state index >= 15 is 0 Å². The summed E-state index contributed by atoms with van der Waals surface area (Å²) in [6.07, 6.45) is 11.6. The quantitative estimate of drug-likeness (QED) is 0.126. The number of ether oxygens (including phenoxy) is 3. The number of hydrogen-bond acceptors (Lipinski definition) is 4. The van der Waals surface area contributed by atoms with Crippen LogP contribution in [0, 0.1) is 0 Å². The van der Waals surface area contributed by atoms with Gasteiger partial charge < -0.3 is 14.2 Å². The fourth-order valence-electron chi connectivity index (χ4n) is 3.60. The number of carbonyl (C=O) groups excluding carboxylic acids is 1. The summed E-state index contributed by atoms with van der Waals surface area (Å²) in [6, 6.07) is 16.6. The van der Waals surface area contributed by atoms with Crippen molar-refractivity contribution in [3.63, 3.8) is 0 Å². The van der Waals surface area contributed by atoms with Gasteiger partial charge in [0, 0.05) is 5.57 Å². The molecule has 0 aromatic heterocycles. The molecule has 2 rings (SSSR count). The first-order valence-corrected chi connectivity index (χ1v) is 12.9. The zero-order valence-corrected chi connectivity index (χ0v) is 21.2. The topological polar surface area (TPSA) is 44.8 Å².